The van der Waals surface area contributed by atoms with Gasteiger partial charge in [-0.2, -0.15) is 0 Å². The Hall–Kier alpha value is -1.96. The molecule has 0 spiro atoms. The normalized spacial score (nSPS) is 9.93. The smallest absolute Gasteiger partial charge is 0.325 e. The minimum absolute atomic E-state index is 0.0738. The van der Waals surface area contributed by atoms with Crippen molar-refractivity contribution in [2.45, 2.75) is 6.54 Å². The van der Waals surface area contributed by atoms with E-state index in [-0.39, 0.29) is 12.2 Å². The van der Waals surface area contributed by atoms with Crippen LogP contribution in [0.2, 0.25) is 0 Å². The Morgan fingerprint density at radius 2 is 2.33 bits per heavy atom. The van der Waals surface area contributed by atoms with Crippen LogP contribution in [0.4, 0.5) is 0 Å². The molecule has 0 saturated carbocycles. The van der Waals surface area contributed by atoms with Crippen molar-refractivity contribution in [3.05, 3.63) is 11.9 Å². The summed E-state index contributed by atoms with van der Waals surface area (Å²) in [6, 6.07) is 0. The highest BCUT2D eigenvalue weighted by Crippen LogP contribution is 1.92. The Bertz CT molecular complexity index is 361. The van der Waals surface area contributed by atoms with Gasteiger partial charge in [-0.1, -0.05) is 5.21 Å². The van der Waals surface area contributed by atoms with E-state index in [0.29, 0.717) is 13.1 Å². The number of carboxylic acid groups (broad SMARTS) is 1. The zero-order chi connectivity index (χ0) is 11.3. The van der Waals surface area contributed by atoms with Crippen LogP contribution >= 0.6 is 0 Å². The number of amides is 1. The summed E-state index contributed by atoms with van der Waals surface area (Å²) in [7, 11) is 0. The predicted molar refractivity (Wildman–Crippen MR) is 49.0 cm³/mol. The SMILES string of the molecule is NCCNC(=O)c1cn(CC(=O)O)nn1. The molecule has 0 bridgehead atoms. The summed E-state index contributed by atoms with van der Waals surface area (Å²) in [6.45, 7) is 0.344. The minimum Gasteiger partial charge on any atom is -0.480 e. The van der Waals surface area contributed by atoms with Crippen LogP contribution in [0, 0.1) is 0 Å². The fourth-order valence-electron chi connectivity index (χ4n) is 0.895. The van der Waals surface area contributed by atoms with E-state index in [1.807, 2.05) is 0 Å². The van der Waals surface area contributed by atoms with Gasteiger partial charge in [0.2, 0.25) is 0 Å². The third-order valence-corrected chi connectivity index (χ3v) is 1.50. The van der Waals surface area contributed by atoms with Gasteiger partial charge in [-0.25, -0.2) is 4.68 Å². The molecule has 0 atom stereocenters. The molecule has 8 heteroatoms. The minimum atomic E-state index is -1.05. The molecule has 1 heterocycles. The van der Waals surface area contributed by atoms with E-state index in [0.717, 1.165) is 4.68 Å². The van der Waals surface area contributed by atoms with Crippen LogP contribution in [-0.2, 0) is 11.3 Å². The number of hydrogen-bond acceptors (Lipinski definition) is 5. The highest BCUT2D eigenvalue weighted by molar-refractivity contribution is 5.91. The molecule has 0 aliphatic heterocycles. The highest BCUT2D eigenvalue weighted by Gasteiger charge is 2.10. The van der Waals surface area contributed by atoms with E-state index < -0.39 is 11.9 Å². The molecule has 0 aliphatic rings. The molecule has 0 aromatic carbocycles. The zero-order valence-electron chi connectivity index (χ0n) is 7.88. The second kappa shape index (κ2) is 5.05. The van der Waals surface area contributed by atoms with Crippen molar-refractivity contribution < 1.29 is 14.7 Å². The molecule has 82 valence electrons. The van der Waals surface area contributed by atoms with Crippen LogP contribution in [0.5, 0.6) is 0 Å². The lowest BCUT2D eigenvalue weighted by Crippen LogP contribution is -2.29. The molecule has 1 aromatic heterocycles. The number of aliphatic carboxylic acids is 1. The Labute approximate surface area is 85.1 Å². The molecule has 0 saturated heterocycles. The van der Waals surface area contributed by atoms with E-state index in [2.05, 4.69) is 15.6 Å². The van der Waals surface area contributed by atoms with E-state index >= 15 is 0 Å². The molecule has 0 aliphatic carbocycles. The number of carboxylic acids is 1. The van der Waals surface area contributed by atoms with Crippen LogP contribution < -0.4 is 11.1 Å². The average molecular weight is 213 g/mol. The van der Waals surface area contributed by atoms with Gasteiger partial charge in [0.15, 0.2) is 5.69 Å². The molecule has 1 aromatic rings. The van der Waals surface area contributed by atoms with Crippen LogP contribution in [-0.4, -0.2) is 45.1 Å². The Morgan fingerprint density at radius 3 is 2.93 bits per heavy atom. The number of carbonyl (C=O) groups excluding carboxylic acids is 1. The van der Waals surface area contributed by atoms with Crippen molar-refractivity contribution in [2.75, 3.05) is 13.1 Å². The zero-order valence-corrected chi connectivity index (χ0v) is 7.88. The molecular weight excluding hydrogens is 202 g/mol. The summed E-state index contributed by atoms with van der Waals surface area (Å²) >= 11 is 0. The molecule has 0 unspecified atom stereocenters. The maximum absolute atomic E-state index is 11.3. The third kappa shape index (κ3) is 3.35. The topological polar surface area (TPSA) is 123 Å². The second-order valence-electron chi connectivity index (χ2n) is 2.74. The largest absolute Gasteiger partial charge is 0.480 e. The standard InChI is InChI=1S/C7H11N5O3/c8-1-2-9-7(15)5-3-12(11-10-5)4-6(13)14/h3H,1-2,4,8H2,(H,9,15)(H,13,14). The fourth-order valence-corrected chi connectivity index (χ4v) is 0.895. The molecule has 1 amide bonds. The van der Waals surface area contributed by atoms with Crippen molar-refractivity contribution >= 4 is 11.9 Å². The summed E-state index contributed by atoms with van der Waals surface area (Å²) in [5, 5.41) is 17.9. The van der Waals surface area contributed by atoms with Crippen molar-refractivity contribution in [3.8, 4) is 0 Å². The number of rotatable bonds is 5. The quantitative estimate of drug-likeness (QED) is 0.522. The summed E-state index contributed by atoms with van der Waals surface area (Å²) < 4.78 is 1.07. The van der Waals surface area contributed by atoms with Crippen LogP contribution in [0.25, 0.3) is 0 Å². The summed E-state index contributed by atoms with van der Waals surface area (Å²) in [4.78, 5) is 21.6. The Morgan fingerprint density at radius 1 is 1.60 bits per heavy atom. The van der Waals surface area contributed by atoms with Gasteiger partial charge in [-0.05, 0) is 0 Å². The first-order valence-electron chi connectivity index (χ1n) is 4.23. The average Bonchev–Trinajstić information content (AvgIpc) is 2.61. The molecular formula is C7H11N5O3. The molecule has 1 rings (SSSR count). The lowest BCUT2D eigenvalue weighted by atomic mass is 10.4. The van der Waals surface area contributed by atoms with Crippen molar-refractivity contribution in [2.24, 2.45) is 5.73 Å². The third-order valence-electron chi connectivity index (χ3n) is 1.50. The predicted octanol–water partition coefficient (Wildman–Crippen LogP) is -1.95. The van der Waals surface area contributed by atoms with Crippen LogP contribution in [0.3, 0.4) is 0 Å². The molecule has 0 radical (unpaired) electrons. The highest BCUT2D eigenvalue weighted by atomic mass is 16.4. The molecule has 8 nitrogen and oxygen atoms in total. The Kier molecular flexibility index (Phi) is 3.75. The molecule has 0 fully saturated rings. The number of nitrogens with zero attached hydrogens (tertiary/aromatic N) is 3. The summed E-state index contributed by atoms with van der Waals surface area (Å²) in [5.74, 6) is -1.47. The van der Waals surface area contributed by atoms with E-state index in [9.17, 15) is 9.59 Å². The summed E-state index contributed by atoms with van der Waals surface area (Å²) in [5.41, 5.74) is 5.27. The van der Waals surface area contributed by atoms with Crippen LogP contribution in [0.15, 0.2) is 6.20 Å². The van der Waals surface area contributed by atoms with Gasteiger partial charge in [0, 0.05) is 13.1 Å². The number of nitrogens with one attached hydrogen (secondary N) is 1. The Balaban J connectivity index is 2.59. The van der Waals surface area contributed by atoms with E-state index in [4.69, 9.17) is 10.8 Å². The number of aromatic nitrogens is 3. The fraction of sp³-hybridized carbons (Fsp3) is 0.429. The monoisotopic (exact) mass is 213 g/mol. The first-order valence-corrected chi connectivity index (χ1v) is 4.23. The van der Waals surface area contributed by atoms with Gasteiger partial charge < -0.3 is 16.2 Å². The number of nitrogens with two attached hydrogens (primary N) is 1. The second-order valence-corrected chi connectivity index (χ2v) is 2.74. The van der Waals surface area contributed by atoms with Crippen molar-refractivity contribution in [3.63, 3.8) is 0 Å². The summed E-state index contributed by atoms with van der Waals surface area (Å²) in [6.07, 6.45) is 1.26. The maximum Gasteiger partial charge on any atom is 0.325 e. The number of carbonyl (C=O) groups is 2. The van der Waals surface area contributed by atoms with Gasteiger partial charge in [-0.3, -0.25) is 9.59 Å². The van der Waals surface area contributed by atoms with Gasteiger partial charge >= 0.3 is 5.97 Å². The van der Waals surface area contributed by atoms with Crippen molar-refractivity contribution in [1.82, 2.24) is 20.3 Å². The lowest BCUT2D eigenvalue weighted by Gasteiger charge is -1.97. The first-order chi connectivity index (χ1) is 7.13. The van der Waals surface area contributed by atoms with Crippen LogP contribution in [0.1, 0.15) is 10.5 Å². The number of hydrogen-bond donors (Lipinski definition) is 3. The van der Waals surface area contributed by atoms with E-state index in [1.54, 1.807) is 0 Å². The first kappa shape index (κ1) is 11.1. The maximum atomic E-state index is 11.3. The van der Waals surface area contributed by atoms with Crippen molar-refractivity contribution in [1.29, 1.82) is 0 Å². The molecule has 4 N–H and O–H groups in total. The lowest BCUT2D eigenvalue weighted by molar-refractivity contribution is -0.137. The van der Waals surface area contributed by atoms with Gasteiger partial charge in [-0.15, -0.1) is 5.10 Å². The van der Waals surface area contributed by atoms with Gasteiger partial charge in [0.1, 0.15) is 6.54 Å². The van der Waals surface area contributed by atoms with Gasteiger partial charge in [0.25, 0.3) is 5.91 Å². The molecule has 15 heavy (non-hydrogen) atoms. The van der Waals surface area contributed by atoms with E-state index in [1.165, 1.54) is 6.20 Å². The van der Waals surface area contributed by atoms with Gasteiger partial charge in [0.05, 0.1) is 6.20 Å².